The summed E-state index contributed by atoms with van der Waals surface area (Å²) in [5, 5.41) is 13.9. The van der Waals surface area contributed by atoms with Gasteiger partial charge >= 0.3 is 0 Å². The van der Waals surface area contributed by atoms with E-state index in [2.05, 4.69) is 33.8 Å². The topological polar surface area (TPSA) is 93.1 Å². The van der Waals surface area contributed by atoms with Crippen LogP contribution in [0.5, 0.6) is 0 Å². The van der Waals surface area contributed by atoms with Crippen molar-refractivity contribution in [2.45, 2.75) is 32.9 Å². The summed E-state index contributed by atoms with van der Waals surface area (Å²) >= 11 is 0. The minimum absolute atomic E-state index is 0.187. The number of hydrogen-bond donors (Lipinski definition) is 2. The minimum Gasteiger partial charge on any atom is -0.396 e. The summed E-state index contributed by atoms with van der Waals surface area (Å²) in [6.45, 7) is 5.84. The van der Waals surface area contributed by atoms with E-state index in [4.69, 9.17) is 10.8 Å². The lowest BCUT2D eigenvalue weighted by atomic mass is 10.2. The number of hydrogen-bond acceptors (Lipinski definition) is 6. The van der Waals surface area contributed by atoms with E-state index < -0.39 is 0 Å². The molecule has 2 heterocycles. The van der Waals surface area contributed by atoms with Gasteiger partial charge in [-0.05, 0) is 20.3 Å². The predicted octanol–water partition coefficient (Wildman–Crippen LogP) is 0.538. The first-order valence-corrected chi connectivity index (χ1v) is 6.82. The molecule has 0 aliphatic carbocycles. The SMILES string of the molecule is CC(C)N(CCCO)Cc1nc(N)c2cnn(C)c2n1. The van der Waals surface area contributed by atoms with E-state index in [1.54, 1.807) is 10.9 Å². The molecule has 0 unspecified atom stereocenters. The largest absolute Gasteiger partial charge is 0.396 e. The summed E-state index contributed by atoms with van der Waals surface area (Å²) < 4.78 is 1.70. The lowest BCUT2D eigenvalue weighted by Crippen LogP contribution is -2.32. The van der Waals surface area contributed by atoms with Gasteiger partial charge in [-0.15, -0.1) is 0 Å². The van der Waals surface area contributed by atoms with Gasteiger partial charge in [0, 0.05) is 26.2 Å². The van der Waals surface area contributed by atoms with Crippen molar-refractivity contribution < 1.29 is 5.11 Å². The van der Waals surface area contributed by atoms with Crippen molar-refractivity contribution in [3.8, 4) is 0 Å². The van der Waals surface area contributed by atoms with Gasteiger partial charge in [-0.2, -0.15) is 5.10 Å². The molecule has 7 nitrogen and oxygen atoms in total. The van der Waals surface area contributed by atoms with Gasteiger partial charge in [0.15, 0.2) is 5.65 Å². The van der Waals surface area contributed by atoms with Crippen molar-refractivity contribution in [2.75, 3.05) is 18.9 Å². The van der Waals surface area contributed by atoms with Gasteiger partial charge in [0.25, 0.3) is 0 Å². The molecule has 0 fully saturated rings. The van der Waals surface area contributed by atoms with Crippen LogP contribution in [-0.4, -0.2) is 48.9 Å². The zero-order chi connectivity index (χ0) is 14.7. The number of aromatic nitrogens is 4. The molecule has 0 amide bonds. The third-order valence-corrected chi connectivity index (χ3v) is 3.35. The molecule has 0 saturated heterocycles. The number of aliphatic hydroxyl groups is 1. The Hall–Kier alpha value is -1.73. The molecule has 0 saturated carbocycles. The number of anilines is 1. The number of fused-ring (bicyclic) bond motifs is 1. The molecular weight excluding hydrogens is 256 g/mol. The Morgan fingerprint density at radius 1 is 1.40 bits per heavy atom. The van der Waals surface area contributed by atoms with Crippen LogP contribution in [0.4, 0.5) is 5.82 Å². The summed E-state index contributed by atoms with van der Waals surface area (Å²) in [7, 11) is 1.84. The zero-order valence-corrected chi connectivity index (χ0v) is 12.2. The maximum Gasteiger partial charge on any atom is 0.163 e. The minimum atomic E-state index is 0.187. The highest BCUT2D eigenvalue weighted by Gasteiger charge is 2.14. The Morgan fingerprint density at radius 3 is 2.80 bits per heavy atom. The first-order chi connectivity index (χ1) is 9.52. The van der Waals surface area contributed by atoms with E-state index in [9.17, 15) is 0 Å². The number of nitrogen functional groups attached to an aromatic ring is 1. The van der Waals surface area contributed by atoms with Crippen LogP contribution in [0.25, 0.3) is 11.0 Å². The third-order valence-electron chi connectivity index (χ3n) is 3.35. The quantitative estimate of drug-likeness (QED) is 0.801. The van der Waals surface area contributed by atoms with Crippen LogP contribution >= 0.6 is 0 Å². The van der Waals surface area contributed by atoms with E-state index in [1.807, 2.05) is 7.05 Å². The highest BCUT2D eigenvalue weighted by atomic mass is 16.3. The summed E-state index contributed by atoms with van der Waals surface area (Å²) in [5.74, 6) is 1.15. The molecule has 0 aromatic carbocycles. The highest BCUT2D eigenvalue weighted by molar-refractivity contribution is 5.84. The van der Waals surface area contributed by atoms with Gasteiger partial charge in [0.2, 0.25) is 0 Å². The second-order valence-corrected chi connectivity index (χ2v) is 5.17. The smallest absolute Gasteiger partial charge is 0.163 e. The molecule has 3 N–H and O–H groups in total. The fraction of sp³-hybridized carbons (Fsp3) is 0.615. The van der Waals surface area contributed by atoms with Crippen LogP contribution in [0.3, 0.4) is 0 Å². The maximum absolute atomic E-state index is 8.97. The Balaban J connectivity index is 2.25. The number of aryl methyl sites for hydroxylation is 1. The van der Waals surface area contributed by atoms with E-state index in [-0.39, 0.29) is 6.61 Å². The van der Waals surface area contributed by atoms with E-state index in [1.165, 1.54) is 0 Å². The first kappa shape index (κ1) is 14.7. The van der Waals surface area contributed by atoms with Crippen LogP contribution in [0.15, 0.2) is 6.20 Å². The molecule has 0 radical (unpaired) electrons. The molecule has 0 aliphatic rings. The van der Waals surface area contributed by atoms with Crippen molar-refractivity contribution >= 4 is 16.9 Å². The fourth-order valence-electron chi connectivity index (χ4n) is 2.14. The molecule has 110 valence electrons. The second kappa shape index (κ2) is 6.15. The molecule has 0 aliphatic heterocycles. The normalized spacial score (nSPS) is 11.9. The molecule has 2 aromatic rings. The number of nitrogens with two attached hydrogens (primary N) is 1. The van der Waals surface area contributed by atoms with Crippen LogP contribution in [0, 0.1) is 0 Å². The average Bonchev–Trinajstić information content (AvgIpc) is 2.77. The number of aliphatic hydroxyl groups excluding tert-OH is 1. The third kappa shape index (κ3) is 3.05. The first-order valence-electron chi connectivity index (χ1n) is 6.82. The van der Waals surface area contributed by atoms with Crippen molar-refractivity contribution in [2.24, 2.45) is 7.05 Å². The Morgan fingerprint density at radius 2 is 2.15 bits per heavy atom. The van der Waals surface area contributed by atoms with Gasteiger partial charge in [0.05, 0.1) is 18.1 Å². The van der Waals surface area contributed by atoms with Crippen molar-refractivity contribution in [1.82, 2.24) is 24.6 Å². The molecule has 2 rings (SSSR count). The molecule has 0 bridgehead atoms. The molecular formula is C13H22N6O. The number of nitrogens with zero attached hydrogens (tertiary/aromatic N) is 5. The van der Waals surface area contributed by atoms with E-state index in [0.717, 1.165) is 24.0 Å². The maximum atomic E-state index is 8.97. The van der Waals surface area contributed by atoms with Gasteiger partial charge < -0.3 is 10.8 Å². The average molecular weight is 278 g/mol. The summed E-state index contributed by atoms with van der Waals surface area (Å²) in [4.78, 5) is 11.1. The predicted molar refractivity (Wildman–Crippen MR) is 78.0 cm³/mol. The Bertz CT molecular complexity index is 579. The molecule has 2 aromatic heterocycles. The monoisotopic (exact) mass is 278 g/mol. The van der Waals surface area contributed by atoms with Crippen LogP contribution in [-0.2, 0) is 13.6 Å². The number of rotatable bonds is 6. The Labute approximate surface area is 118 Å². The van der Waals surface area contributed by atoms with Crippen molar-refractivity contribution in [3.63, 3.8) is 0 Å². The second-order valence-electron chi connectivity index (χ2n) is 5.17. The van der Waals surface area contributed by atoms with Crippen LogP contribution in [0.2, 0.25) is 0 Å². The highest BCUT2D eigenvalue weighted by Crippen LogP contribution is 2.17. The standard InChI is InChI=1S/C13H22N6O/c1-9(2)19(5-4-6-20)8-11-16-12(14)10-7-15-18(3)13(10)17-11/h7,9,20H,4-6,8H2,1-3H3,(H2,14,16,17). The summed E-state index contributed by atoms with van der Waals surface area (Å²) in [6.07, 6.45) is 2.42. The fourth-order valence-corrected chi connectivity index (χ4v) is 2.14. The lowest BCUT2D eigenvalue weighted by Gasteiger charge is -2.25. The van der Waals surface area contributed by atoms with Gasteiger partial charge in [-0.1, -0.05) is 0 Å². The zero-order valence-electron chi connectivity index (χ0n) is 12.2. The van der Waals surface area contributed by atoms with E-state index in [0.29, 0.717) is 24.2 Å². The van der Waals surface area contributed by atoms with Gasteiger partial charge in [-0.3, -0.25) is 9.58 Å². The molecule has 0 spiro atoms. The molecule has 0 atom stereocenters. The lowest BCUT2D eigenvalue weighted by molar-refractivity contribution is 0.181. The van der Waals surface area contributed by atoms with Gasteiger partial charge in [-0.25, -0.2) is 9.97 Å². The van der Waals surface area contributed by atoms with Crippen molar-refractivity contribution in [1.29, 1.82) is 0 Å². The summed E-state index contributed by atoms with van der Waals surface area (Å²) in [6, 6.07) is 0.355. The Kier molecular flexibility index (Phi) is 4.51. The molecule has 20 heavy (non-hydrogen) atoms. The van der Waals surface area contributed by atoms with Crippen LogP contribution < -0.4 is 5.73 Å². The van der Waals surface area contributed by atoms with Crippen molar-refractivity contribution in [3.05, 3.63) is 12.0 Å². The summed E-state index contributed by atoms with van der Waals surface area (Å²) in [5.41, 5.74) is 6.71. The molecule has 7 heteroatoms. The van der Waals surface area contributed by atoms with E-state index >= 15 is 0 Å². The van der Waals surface area contributed by atoms with Gasteiger partial charge in [0.1, 0.15) is 11.6 Å². The van der Waals surface area contributed by atoms with Crippen LogP contribution in [0.1, 0.15) is 26.1 Å².